The number of likely N-dealkylation sites (tertiary alicyclic amines) is 2. The van der Waals surface area contributed by atoms with Crippen molar-refractivity contribution >= 4 is 23.3 Å². The molecule has 0 amide bonds. The fourth-order valence-corrected chi connectivity index (χ4v) is 5.38. The topological polar surface area (TPSA) is 57.2 Å². The van der Waals surface area contributed by atoms with Crippen LogP contribution in [0, 0.1) is 11.8 Å². The van der Waals surface area contributed by atoms with Gasteiger partial charge in [0, 0.05) is 36.7 Å². The van der Waals surface area contributed by atoms with E-state index in [1.807, 2.05) is 12.1 Å². The average Bonchev–Trinajstić information content (AvgIpc) is 3.31. The van der Waals surface area contributed by atoms with E-state index < -0.39 is 0 Å². The monoisotopic (exact) mass is 385 g/mol. The van der Waals surface area contributed by atoms with E-state index in [1.54, 1.807) is 0 Å². The first kappa shape index (κ1) is 17.5. The second kappa shape index (κ2) is 7.10. The van der Waals surface area contributed by atoms with Crippen molar-refractivity contribution in [3.8, 4) is 0 Å². The van der Waals surface area contributed by atoms with E-state index >= 15 is 0 Å². The lowest BCUT2D eigenvalue weighted by Crippen LogP contribution is -2.53. The van der Waals surface area contributed by atoms with E-state index in [-0.39, 0.29) is 0 Å². The summed E-state index contributed by atoms with van der Waals surface area (Å²) >= 11 is 6.07. The number of hydrogen-bond acceptors (Lipinski definition) is 5. The quantitative estimate of drug-likeness (QED) is 0.869. The van der Waals surface area contributed by atoms with Crippen molar-refractivity contribution in [3.05, 3.63) is 34.9 Å². The molecule has 4 aliphatic rings. The highest BCUT2D eigenvalue weighted by molar-refractivity contribution is 6.30. The lowest BCUT2D eigenvalue weighted by atomic mass is 9.91. The minimum atomic E-state index is 0.644. The van der Waals surface area contributed by atoms with Crippen LogP contribution in [0.1, 0.15) is 37.7 Å². The van der Waals surface area contributed by atoms with E-state index in [1.165, 1.54) is 37.8 Å². The van der Waals surface area contributed by atoms with Gasteiger partial charge in [-0.05, 0) is 61.6 Å². The number of nitrogens with zero attached hydrogens (tertiary/aromatic N) is 4. The van der Waals surface area contributed by atoms with Crippen LogP contribution in [-0.2, 0) is 6.42 Å². The number of halogens is 1. The Bertz CT molecular complexity index is 750. The molecule has 3 fully saturated rings. The Morgan fingerprint density at radius 2 is 1.81 bits per heavy atom. The van der Waals surface area contributed by atoms with E-state index in [9.17, 15) is 0 Å². The van der Waals surface area contributed by atoms with Crippen LogP contribution in [0.2, 0.25) is 5.02 Å². The highest BCUT2D eigenvalue weighted by atomic mass is 35.5. The summed E-state index contributed by atoms with van der Waals surface area (Å²) in [6.45, 7) is 3.44. The van der Waals surface area contributed by atoms with Gasteiger partial charge in [0.05, 0.1) is 6.42 Å². The van der Waals surface area contributed by atoms with Crippen LogP contribution in [0.25, 0.3) is 0 Å². The molecule has 5 nitrogen and oxygen atoms in total. The van der Waals surface area contributed by atoms with Gasteiger partial charge in [-0.1, -0.05) is 23.7 Å². The molecule has 1 saturated carbocycles. The van der Waals surface area contributed by atoms with Crippen molar-refractivity contribution in [3.63, 3.8) is 0 Å². The van der Waals surface area contributed by atoms with E-state index in [0.717, 1.165) is 48.6 Å². The van der Waals surface area contributed by atoms with Crippen LogP contribution < -0.4 is 5.73 Å². The Labute approximate surface area is 166 Å². The molecular weight excluding hydrogens is 358 g/mol. The lowest BCUT2D eigenvalue weighted by Gasteiger charge is -2.45. The summed E-state index contributed by atoms with van der Waals surface area (Å²) in [5.74, 6) is 3.64. The van der Waals surface area contributed by atoms with Crippen molar-refractivity contribution in [1.82, 2.24) is 9.80 Å². The average molecular weight is 386 g/mol. The molecule has 2 saturated heterocycles. The van der Waals surface area contributed by atoms with Gasteiger partial charge >= 0.3 is 0 Å². The van der Waals surface area contributed by atoms with Crippen LogP contribution in [0.5, 0.6) is 0 Å². The number of nitrogens with two attached hydrogens (primary N) is 1. The highest BCUT2D eigenvalue weighted by Crippen LogP contribution is 2.48. The molecule has 3 aliphatic heterocycles. The van der Waals surface area contributed by atoms with E-state index in [4.69, 9.17) is 17.3 Å². The van der Waals surface area contributed by atoms with Gasteiger partial charge in [0.2, 0.25) is 0 Å². The molecular formula is C21H28ClN5. The standard InChI is InChI=1S/C21H28ClN5/c22-17-3-1-14(2-4-17)9-19-11-15-10-16(15)13-27(19)18-5-7-26(8-6-18)21-12-20(23)24-25-21/h1-4,15-16,18-19H,5-13H2,(H2,23,24)/t15?,16?,19-/m0/s1. The zero-order valence-electron chi connectivity index (χ0n) is 15.7. The first-order chi connectivity index (χ1) is 13.2. The number of rotatable bonds is 3. The fourth-order valence-electron chi connectivity index (χ4n) is 5.25. The number of amidine groups is 2. The Morgan fingerprint density at radius 3 is 2.52 bits per heavy atom. The van der Waals surface area contributed by atoms with Gasteiger partial charge in [-0.25, -0.2) is 0 Å². The SMILES string of the molecule is NC1=NN=C(N2CCC(N3CC4CC4C[C@@H]3Cc3ccc(Cl)cc3)CC2)C1. The van der Waals surface area contributed by atoms with Gasteiger partial charge in [0.25, 0.3) is 0 Å². The van der Waals surface area contributed by atoms with Gasteiger partial charge < -0.3 is 10.6 Å². The Kier molecular flexibility index (Phi) is 4.60. The molecule has 2 unspecified atom stereocenters. The van der Waals surface area contributed by atoms with Crippen LogP contribution >= 0.6 is 11.6 Å². The second-order valence-electron chi connectivity index (χ2n) is 8.68. The smallest absolute Gasteiger partial charge is 0.135 e. The summed E-state index contributed by atoms with van der Waals surface area (Å²) in [5.41, 5.74) is 7.20. The van der Waals surface area contributed by atoms with Gasteiger partial charge in [0.1, 0.15) is 11.7 Å². The predicted molar refractivity (Wildman–Crippen MR) is 110 cm³/mol. The van der Waals surface area contributed by atoms with Gasteiger partial charge in [0.15, 0.2) is 0 Å². The largest absolute Gasteiger partial charge is 0.385 e. The summed E-state index contributed by atoms with van der Waals surface area (Å²) in [6.07, 6.45) is 7.11. The van der Waals surface area contributed by atoms with Gasteiger partial charge in [-0.3, -0.25) is 4.90 Å². The molecule has 144 valence electrons. The maximum atomic E-state index is 6.07. The maximum Gasteiger partial charge on any atom is 0.135 e. The van der Waals surface area contributed by atoms with Crippen LogP contribution in [0.15, 0.2) is 34.5 Å². The van der Waals surface area contributed by atoms with E-state index in [0.29, 0.717) is 17.9 Å². The minimum absolute atomic E-state index is 0.644. The number of hydrogen-bond donors (Lipinski definition) is 1. The zero-order chi connectivity index (χ0) is 18.4. The van der Waals surface area contributed by atoms with Gasteiger partial charge in [-0.2, -0.15) is 0 Å². The van der Waals surface area contributed by atoms with Crippen molar-refractivity contribution in [2.45, 2.75) is 50.6 Å². The molecule has 1 aromatic carbocycles. The third-order valence-electron chi connectivity index (χ3n) is 6.87. The lowest BCUT2D eigenvalue weighted by molar-refractivity contribution is 0.0586. The number of benzene rings is 1. The summed E-state index contributed by atoms with van der Waals surface area (Å²) in [7, 11) is 0. The van der Waals surface area contributed by atoms with Crippen molar-refractivity contribution < 1.29 is 0 Å². The summed E-state index contributed by atoms with van der Waals surface area (Å²) in [4.78, 5) is 5.24. The molecule has 27 heavy (non-hydrogen) atoms. The predicted octanol–water partition coefficient (Wildman–Crippen LogP) is 3.13. The van der Waals surface area contributed by atoms with Crippen LogP contribution in [-0.4, -0.2) is 53.2 Å². The first-order valence-electron chi connectivity index (χ1n) is 10.3. The third-order valence-corrected chi connectivity index (χ3v) is 7.13. The van der Waals surface area contributed by atoms with Gasteiger partial charge in [-0.15, -0.1) is 10.2 Å². The Hall–Kier alpha value is -1.59. The highest BCUT2D eigenvalue weighted by Gasteiger charge is 2.47. The van der Waals surface area contributed by atoms with Crippen molar-refractivity contribution in [1.29, 1.82) is 0 Å². The summed E-state index contributed by atoms with van der Waals surface area (Å²) < 4.78 is 0. The van der Waals surface area contributed by atoms with Crippen LogP contribution in [0.3, 0.4) is 0 Å². The second-order valence-corrected chi connectivity index (χ2v) is 9.11. The summed E-state index contributed by atoms with van der Waals surface area (Å²) in [5, 5.41) is 9.09. The molecule has 2 N–H and O–H groups in total. The molecule has 0 spiro atoms. The molecule has 0 radical (unpaired) electrons. The minimum Gasteiger partial charge on any atom is -0.385 e. The molecule has 1 aliphatic carbocycles. The Balaban J connectivity index is 1.23. The number of fused-ring (bicyclic) bond motifs is 1. The normalized spacial score (nSPS) is 31.4. The van der Waals surface area contributed by atoms with Crippen LogP contribution in [0.4, 0.5) is 0 Å². The van der Waals surface area contributed by atoms with Crippen molar-refractivity contribution in [2.75, 3.05) is 19.6 Å². The Morgan fingerprint density at radius 1 is 1.04 bits per heavy atom. The van der Waals surface area contributed by atoms with Crippen molar-refractivity contribution in [2.24, 2.45) is 27.8 Å². The molecule has 1 aromatic rings. The third kappa shape index (κ3) is 3.72. The fraction of sp³-hybridized carbons (Fsp3) is 0.619. The summed E-state index contributed by atoms with van der Waals surface area (Å²) in [6, 6.07) is 9.82. The molecule has 6 heteroatoms. The molecule has 3 atom stereocenters. The first-order valence-corrected chi connectivity index (χ1v) is 10.7. The molecule has 5 rings (SSSR count). The zero-order valence-corrected chi connectivity index (χ0v) is 16.5. The molecule has 0 bridgehead atoms. The molecule has 0 aromatic heterocycles. The molecule has 3 heterocycles. The number of piperidine rings is 2. The maximum absolute atomic E-state index is 6.07. The van der Waals surface area contributed by atoms with E-state index in [2.05, 4.69) is 32.1 Å².